The van der Waals surface area contributed by atoms with Crippen LogP contribution in [0.1, 0.15) is 17.8 Å². The number of rotatable bonds is 9. The molecule has 0 aliphatic carbocycles. The number of hydrogen-bond donors (Lipinski definition) is 1. The maximum atomic E-state index is 5.69. The number of methoxy groups -OCH3 is 2. The molecule has 0 saturated carbocycles. The van der Waals surface area contributed by atoms with Crippen molar-refractivity contribution in [1.82, 2.24) is 15.0 Å². The first-order valence-corrected chi connectivity index (χ1v) is 7.15. The van der Waals surface area contributed by atoms with Crippen molar-refractivity contribution in [1.29, 1.82) is 0 Å². The minimum absolute atomic E-state index is 0.362. The molecule has 0 aliphatic heterocycles. The molecule has 0 unspecified atom stereocenters. The summed E-state index contributed by atoms with van der Waals surface area (Å²) in [6.07, 6.45) is 0.816. The Morgan fingerprint density at radius 2 is 1.86 bits per heavy atom. The summed E-state index contributed by atoms with van der Waals surface area (Å²) in [4.78, 5) is 0. The molecule has 0 amide bonds. The van der Waals surface area contributed by atoms with E-state index in [1.54, 1.807) is 14.2 Å². The van der Waals surface area contributed by atoms with Gasteiger partial charge in [-0.3, -0.25) is 0 Å². The zero-order valence-electron chi connectivity index (χ0n) is 13.0. The number of hydrogen-bond acceptors (Lipinski definition) is 6. The summed E-state index contributed by atoms with van der Waals surface area (Å²) < 4.78 is 17.8. The van der Waals surface area contributed by atoms with E-state index in [0.717, 1.165) is 29.3 Å². The summed E-state index contributed by atoms with van der Waals surface area (Å²) in [7, 11) is 3.28. The van der Waals surface area contributed by atoms with Crippen molar-refractivity contribution in [3.05, 3.63) is 35.7 Å². The van der Waals surface area contributed by atoms with E-state index in [1.165, 1.54) is 0 Å². The molecular formula is C15H22N4O3. The van der Waals surface area contributed by atoms with Crippen LogP contribution >= 0.6 is 0 Å². The Morgan fingerprint density at radius 1 is 1.14 bits per heavy atom. The van der Waals surface area contributed by atoms with Gasteiger partial charge in [-0.15, -0.1) is 5.10 Å². The molecule has 120 valence electrons. The zero-order valence-corrected chi connectivity index (χ0v) is 13.0. The molecule has 1 heterocycles. The van der Waals surface area contributed by atoms with Crippen LogP contribution in [0.3, 0.4) is 0 Å². The van der Waals surface area contributed by atoms with Gasteiger partial charge in [0.2, 0.25) is 0 Å². The van der Waals surface area contributed by atoms with Gasteiger partial charge in [-0.05, 0) is 24.3 Å². The van der Waals surface area contributed by atoms with Crippen molar-refractivity contribution in [2.75, 3.05) is 20.8 Å². The van der Waals surface area contributed by atoms with Gasteiger partial charge in [0.1, 0.15) is 17.2 Å². The molecular weight excluding hydrogens is 284 g/mol. The van der Waals surface area contributed by atoms with Gasteiger partial charge < -0.3 is 19.9 Å². The lowest BCUT2D eigenvalue weighted by Crippen LogP contribution is -2.11. The maximum absolute atomic E-state index is 5.69. The van der Waals surface area contributed by atoms with Gasteiger partial charge in [-0.2, -0.15) is 0 Å². The molecule has 7 heteroatoms. The number of ether oxygens (including phenoxy) is 3. The SMILES string of the molecule is COCc1c(CN)nnn1CCCOc1ccc(OC)cc1. The second-order valence-electron chi connectivity index (χ2n) is 4.72. The molecule has 0 spiro atoms. The lowest BCUT2D eigenvalue weighted by Gasteiger charge is -2.09. The Kier molecular flexibility index (Phi) is 6.17. The van der Waals surface area contributed by atoms with Gasteiger partial charge in [0, 0.05) is 26.6 Å². The summed E-state index contributed by atoms with van der Waals surface area (Å²) in [5.74, 6) is 1.63. The fraction of sp³-hybridized carbons (Fsp3) is 0.467. The van der Waals surface area contributed by atoms with Crippen molar-refractivity contribution in [3.8, 4) is 11.5 Å². The second kappa shape index (κ2) is 8.35. The summed E-state index contributed by atoms with van der Waals surface area (Å²) >= 11 is 0. The number of nitrogens with zero attached hydrogens (tertiary/aromatic N) is 3. The molecule has 0 bridgehead atoms. The van der Waals surface area contributed by atoms with Crippen LogP contribution in [0.15, 0.2) is 24.3 Å². The van der Waals surface area contributed by atoms with Crippen LogP contribution in [-0.4, -0.2) is 35.8 Å². The Bertz CT molecular complexity index is 569. The lowest BCUT2D eigenvalue weighted by atomic mass is 10.3. The quantitative estimate of drug-likeness (QED) is 0.704. The molecule has 7 nitrogen and oxygen atoms in total. The van der Waals surface area contributed by atoms with Crippen molar-refractivity contribution in [2.45, 2.75) is 26.1 Å². The third-order valence-electron chi connectivity index (χ3n) is 3.23. The highest BCUT2D eigenvalue weighted by atomic mass is 16.5. The van der Waals surface area contributed by atoms with E-state index in [1.807, 2.05) is 28.9 Å². The molecule has 22 heavy (non-hydrogen) atoms. The molecule has 1 aromatic heterocycles. The third kappa shape index (κ3) is 4.19. The van der Waals surface area contributed by atoms with E-state index >= 15 is 0 Å². The van der Waals surface area contributed by atoms with Crippen LogP contribution in [0.2, 0.25) is 0 Å². The Labute approximate surface area is 130 Å². The van der Waals surface area contributed by atoms with Crippen molar-refractivity contribution in [3.63, 3.8) is 0 Å². The van der Waals surface area contributed by atoms with Gasteiger partial charge in [0.25, 0.3) is 0 Å². The number of benzene rings is 1. The van der Waals surface area contributed by atoms with E-state index in [9.17, 15) is 0 Å². The Morgan fingerprint density at radius 3 is 2.50 bits per heavy atom. The van der Waals surface area contributed by atoms with Crippen LogP contribution in [0.4, 0.5) is 0 Å². The summed E-state index contributed by atoms with van der Waals surface area (Å²) in [6, 6.07) is 7.52. The highest BCUT2D eigenvalue weighted by Gasteiger charge is 2.10. The highest BCUT2D eigenvalue weighted by Crippen LogP contribution is 2.17. The molecule has 2 N–H and O–H groups in total. The average Bonchev–Trinajstić information content (AvgIpc) is 2.94. The first-order chi connectivity index (χ1) is 10.8. The van der Waals surface area contributed by atoms with E-state index in [4.69, 9.17) is 19.9 Å². The number of aryl methyl sites for hydroxylation is 1. The van der Waals surface area contributed by atoms with Gasteiger partial charge >= 0.3 is 0 Å². The van der Waals surface area contributed by atoms with E-state index in [2.05, 4.69) is 10.3 Å². The Balaban J connectivity index is 1.82. The molecule has 1 aromatic carbocycles. The topological polar surface area (TPSA) is 84.4 Å². The smallest absolute Gasteiger partial charge is 0.119 e. The van der Waals surface area contributed by atoms with Crippen LogP contribution in [0, 0.1) is 0 Å². The van der Waals surface area contributed by atoms with Crippen LogP contribution in [0.5, 0.6) is 11.5 Å². The maximum Gasteiger partial charge on any atom is 0.119 e. The monoisotopic (exact) mass is 306 g/mol. The Hall–Kier alpha value is -2.12. The predicted octanol–water partition coefficient (Wildman–Crippen LogP) is 1.36. The molecule has 0 radical (unpaired) electrons. The second-order valence-corrected chi connectivity index (χ2v) is 4.72. The minimum atomic E-state index is 0.362. The summed E-state index contributed by atoms with van der Waals surface area (Å²) in [5.41, 5.74) is 7.34. The molecule has 0 aliphatic rings. The van der Waals surface area contributed by atoms with E-state index < -0.39 is 0 Å². The molecule has 2 rings (SSSR count). The van der Waals surface area contributed by atoms with Gasteiger partial charge in [0.15, 0.2) is 0 Å². The standard InChI is InChI=1S/C15H22N4O3/c1-20-11-15-14(10-16)17-18-19(15)8-3-9-22-13-6-4-12(21-2)5-7-13/h4-7H,3,8-11,16H2,1-2H3. The molecule has 0 saturated heterocycles. The normalized spacial score (nSPS) is 10.7. The first-order valence-electron chi connectivity index (χ1n) is 7.15. The first kappa shape index (κ1) is 16.3. The lowest BCUT2D eigenvalue weighted by molar-refractivity contribution is 0.174. The summed E-state index contributed by atoms with van der Waals surface area (Å²) in [6.45, 7) is 2.12. The van der Waals surface area contributed by atoms with Gasteiger partial charge in [-0.25, -0.2) is 4.68 Å². The van der Waals surface area contributed by atoms with Gasteiger partial charge in [-0.1, -0.05) is 5.21 Å². The fourth-order valence-electron chi connectivity index (χ4n) is 2.08. The fourth-order valence-corrected chi connectivity index (χ4v) is 2.08. The molecule has 2 aromatic rings. The number of aromatic nitrogens is 3. The van der Waals surface area contributed by atoms with Crippen LogP contribution in [-0.2, 0) is 24.4 Å². The van der Waals surface area contributed by atoms with E-state index in [-0.39, 0.29) is 0 Å². The third-order valence-corrected chi connectivity index (χ3v) is 3.23. The van der Waals surface area contributed by atoms with Crippen molar-refractivity contribution < 1.29 is 14.2 Å². The predicted molar refractivity (Wildman–Crippen MR) is 81.7 cm³/mol. The average molecular weight is 306 g/mol. The van der Waals surface area contributed by atoms with Gasteiger partial charge in [0.05, 0.1) is 26.0 Å². The van der Waals surface area contributed by atoms with Crippen LogP contribution < -0.4 is 15.2 Å². The number of nitrogens with two attached hydrogens (primary N) is 1. The minimum Gasteiger partial charge on any atom is -0.497 e. The van der Waals surface area contributed by atoms with Crippen molar-refractivity contribution >= 4 is 0 Å². The zero-order chi connectivity index (χ0) is 15.8. The van der Waals surface area contributed by atoms with Crippen LogP contribution in [0.25, 0.3) is 0 Å². The highest BCUT2D eigenvalue weighted by molar-refractivity contribution is 5.31. The van der Waals surface area contributed by atoms with Crippen molar-refractivity contribution in [2.24, 2.45) is 5.73 Å². The largest absolute Gasteiger partial charge is 0.497 e. The molecule has 0 fully saturated rings. The van der Waals surface area contributed by atoms with E-state index in [0.29, 0.717) is 26.3 Å². The molecule has 0 atom stereocenters. The summed E-state index contributed by atoms with van der Waals surface area (Å²) in [5, 5.41) is 8.17.